The van der Waals surface area contributed by atoms with Gasteiger partial charge in [-0.05, 0) is 105 Å². The number of benzene rings is 3. The largest absolute Gasteiger partial charge is 0.492 e. The lowest BCUT2D eigenvalue weighted by Gasteiger charge is -2.16. The average Bonchev–Trinajstić information content (AvgIpc) is 3.30. The number of nitrogens with zero attached hydrogens (tertiary/aromatic N) is 1. The van der Waals surface area contributed by atoms with E-state index in [1.54, 1.807) is 0 Å². The van der Waals surface area contributed by atoms with Gasteiger partial charge < -0.3 is 10.1 Å². The van der Waals surface area contributed by atoms with Crippen LogP contribution in [0.5, 0.6) is 5.75 Å². The summed E-state index contributed by atoms with van der Waals surface area (Å²) in [4.78, 5) is 15.7. The van der Waals surface area contributed by atoms with E-state index in [-0.39, 0.29) is 5.91 Å². The van der Waals surface area contributed by atoms with Crippen LogP contribution in [0.2, 0.25) is 0 Å². The maximum absolute atomic E-state index is 13.3. The van der Waals surface area contributed by atoms with Gasteiger partial charge in [0.05, 0.1) is 0 Å². The molecule has 4 heteroatoms. The van der Waals surface area contributed by atoms with Crippen molar-refractivity contribution in [1.29, 1.82) is 0 Å². The molecule has 0 spiro atoms. The summed E-state index contributed by atoms with van der Waals surface area (Å²) in [6.07, 6.45) is 7.37. The number of carbonyl (C=O) groups excluding carboxylic acids is 1. The smallest absolute Gasteiger partial charge is 0.251 e. The quantitative estimate of drug-likeness (QED) is 0.404. The van der Waals surface area contributed by atoms with E-state index in [9.17, 15) is 4.79 Å². The minimum Gasteiger partial charge on any atom is -0.492 e. The van der Waals surface area contributed by atoms with E-state index in [4.69, 9.17) is 4.74 Å². The van der Waals surface area contributed by atoms with Gasteiger partial charge in [0.2, 0.25) is 0 Å². The van der Waals surface area contributed by atoms with Gasteiger partial charge >= 0.3 is 0 Å². The van der Waals surface area contributed by atoms with Gasteiger partial charge in [-0.15, -0.1) is 0 Å². The van der Waals surface area contributed by atoms with Gasteiger partial charge in [-0.3, -0.25) is 9.69 Å². The van der Waals surface area contributed by atoms with Crippen molar-refractivity contribution in [3.05, 3.63) is 88.5 Å². The first-order valence-electron chi connectivity index (χ1n) is 13.2. The minimum absolute atomic E-state index is 0.0320. The number of anilines is 1. The molecule has 1 aliphatic heterocycles. The Morgan fingerprint density at radius 3 is 2.47 bits per heavy atom. The summed E-state index contributed by atoms with van der Waals surface area (Å²) in [5.41, 5.74) is 8.77. The molecule has 0 radical (unpaired) electrons. The molecule has 4 nitrogen and oxygen atoms in total. The second-order valence-electron chi connectivity index (χ2n) is 10.1. The summed E-state index contributed by atoms with van der Waals surface area (Å²) in [7, 11) is 0. The zero-order valence-corrected chi connectivity index (χ0v) is 21.5. The Morgan fingerprint density at radius 2 is 1.67 bits per heavy atom. The van der Waals surface area contributed by atoms with Crippen molar-refractivity contribution in [3.8, 4) is 16.9 Å². The molecular weight excluding hydrogens is 444 g/mol. The summed E-state index contributed by atoms with van der Waals surface area (Å²) >= 11 is 0. The van der Waals surface area contributed by atoms with Crippen molar-refractivity contribution < 1.29 is 9.53 Å². The number of aryl methyl sites for hydroxylation is 3. The topological polar surface area (TPSA) is 41.6 Å². The second-order valence-corrected chi connectivity index (χ2v) is 10.1. The molecule has 2 aliphatic rings. The molecule has 1 N–H and O–H groups in total. The lowest BCUT2D eigenvalue weighted by atomic mass is 9.97. The van der Waals surface area contributed by atoms with Crippen LogP contribution < -0.4 is 10.1 Å². The number of hydrogen-bond acceptors (Lipinski definition) is 3. The van der Waals surface area contributed by atoms with Gasteiger partial charge in [-0.2, -0.15) is 0 Å². The molecule has 0 saturated carbocycles. The number of rotatable bonds is 7. The van der Waals surface area contributed by atoms with E-state index in [2.05, 4.69) is 65.7 Å². The van der Waals surface area contributed by atoms with Gasteiger partial charge in [-0.25, -0.2) is 0 Å². The van der Waals surface area contributed by atoms with Crippen molar-refractivity contribution in [1.82, 2.24) is 4.90 Å². The number of carbonyl (C=O) groups is 1. The van der Waals surface area contributed by atoms with Gasteiger partial charge in [0.1, 0.15) is 12.4 Å². The fourth-order valence-electron chi connectivity index (χ4n) is 5.13. The molecule has 3 aromatic rings. The molecule has 3 aromatic carbocycles. The lowest BCUT2D eigenvalue weighted by Crippen LogP contribution is -2.25. The first-order valence-corrected chi connectivity index (χ1v) is 13.2. The predicted octanol–water partition coefficient (Wildman–Crippen LogP) is 6.80. The number of hydrogen-bond donors (Lipinski definition) is 1. The monoisotopic (exact) mass is 480 g/mol. The van der Waals surface area contributed by atoms with Crippen molar-refractivity contribution >= 4 is 17.7 Å². The van der Waals surface area contributed by atoms with E-state index in [1.807, 2.05) is 25.1 Å². The number of nitrogens with one attached hydrogen (secondary N) is 1. The molecule has 0 atom stereocenters. The second kappa shape index (κ2) is 11.1. The van der Waals surface area contributed by atoms with Gasteiger partial charge in [0.15, 0.2) is 0 Å². The van der Waals surface area contributed by atoms with Crippen LogP contribution in [-0.2, 0) is 11.2 Å². The Labute approximate surface area is 215 Å². The Balaban J connectivity index is 1.29. The van der Waals surface area contributed by atoms with Crippen LogP contribution >= 0.6 is 0 Å². The zero-order chi connectivity index (χ0) is 24.9. The van der Waals surface area contributed by atoms with Crippen LogP contribution in [0.1, 0.15) is 47.9 Å². The van der Waals surface area contributed by atoms with Crippen LogP contribution in [0.3, 0.4) is 0 Å². The van der Waals surface area contributed by atoms with E-state index < -0.39 is 0 Å². The van der Waals surface area contributed by atoms with Crippen molar-refractivity contribution in [3.63, 3.8) is 0 Å². The number of ether oxygens (including phenoxy) is 1. The average molecular weight is 481 g/mol. The number of likely N-dealkylation sites (tertiary alicyclic amines) is 1. The Morgan fingerprint density at radius 1 is 0.889 bits per heavy atom. The highest BCUT2D eigenvalue weighted by Gasteiger charge is 2.17. The third-order valence-corrected chi connectivity index (χ3v) is 7.35. The van der Waals surface area contributed by atoms with Crippen LogP contribution in [0.25, 0.3) is 17.2 Å². The molecule has 186 valence electrons. The Bertz CT molecular complexity index is 1250. The summed E-state index contributed by atoms with van der Waals surface area (Å²) in [5, 5.41) is 3.12. The molecular formula is C32H36N2O2. The minimum atomic E-state index is -0.0320. The van der Waals surface area contributed by atoms with E-state index in [0.717, 1.165) is 53.9 Å². The van der Waals surface area contributed by atoms with Gasteiger partial charge in [0, 0.05) is 23.9 Å². The molecule has 0 unspecified atom stereocenters. The van der Waals surface area contributed by atoms with Gasteiger partial charge in [-0.1, -0.05) is 48.0 Å². The van der Waals surface area contributed by atoms with Crippen LogP contribution in [0.4, 0.5) is 5.69 Å². The van der Waals surface area contributed by atoms with Crippen LogP contribution in [-0.4, -0.2) is 37.0 Å². The normalized spacial score (nSPS) is 15.7. The highest BCUT2D eigenvalue weighted by Crippen LogP contribution is 2.30. The van der Waals surface area contributed by atoms with Crippen LogP contribution in [0.15, 0.2) is 66.2 Å². The Kier molecular flexibility index (Phi) is 7.52. The SMILES string of the molecule is Cc1ccc(-c2ccc3c(c2)C=C(C(=O)Nc2ccc(C)c(OCCN4CCCC4)c2)CCC3)cc1. The maximum atomic E-state index is 13.3. The Hall–Kier alpha value is -3.37. The predicted molar refractivity (Wildman–Crippen MR) is 149 cm³/mol. The molecule has 0 aromatic heterocycles. The molecule has 5 rings (SSSR count). The number of fused-ring (bicyclic) bond motifs is 1. The standard InChI is InChI=1S/C32H36N2O2/c1-23-8-11-26(12-9-23)27-14-13-25-6-5-7-28(21-29(25)20-27)32(35)33-30-15-10-24(2)31(22-30)36-19-18-34-16-3-4-17-34/h8-15,20-22H,3-7,16-19H2,1-2H3,(H,33,35). The third-order valence-electron chi connectivity index (χ3n) is 7.35. The number of amides is 1. The van der Waals surface area contributed by atoms with Crippen molar-refractivity contribution in [2.75, 3.05) is 31.6 Å². The summed E-state index contributed by atoms with van der Waals surface area (Å²) in [6.45, 7) is 8.11. The molecule has 1 fully saturated rings. The molecule has 0 bridgehead atoms. The fraction of sp³-hybridized carbons (Fsp3) is 0.344. The fourth-order valence-corrected chi connectivity index (χ4v) is 5.13. The van der Waals surface area contributed by atoms with Gasteiger partial charge in [0.25, 0.3) is 5.91 Å². The first-order chi connectivity index (χ1) is 17.5. The molecule has 1 aliphatic carbocycles. The molecule has 1 heterocycles. The summed E-state index contributed by atoms with van der Waals surface area (Å²) in [6, 6.07) is 21.2. The van der Waals surface area contributed by atoms with E-state index >= 15 is 0 Å². The first kappa shape index (κ1) is 24.3. The highest BCUT2D eigenvalue weighted by molar-refractivity contribution is 6.07. The van der Waals surface area contributed by atoms with Crippen molar-refractivity contribution in [2.24, 2.45) is 0 Å². The third kappa shape index (κ3) is 5.88. The van der Waals surface area contributed by atoms with E-state index in [0.29, 0.717) is 6.61 Å². The molecule has 1 amide bonds. The van der Waals surface area contributed by atoms with E-state index in [1.165, 1.54) is 48.2 Å². The van der Waals surface area contributed by atoms with Crippen LogP contribution in [0, 0.1) is 13.8 Å². The molecule has 36 heavy (non-hydrogen) atoms. The maximum Gasteiger partial charge on any atom is 0.251 e. The lowest BCUT2D eigenvalue weighted by molar-refractivity contribution is -0.112. The summed E-state index contributed by atoms with van der Waals surface area (Å²) in [5.74, 6) is 0.811. The highest BCUT2D eigenvalue weighted by atomic mass is 16.5. The summed E-state index contributed by atoms with van der Waals surface area (Å²) < 4.78 is 6.09. The zero-order valence-electron chi connectivity index (χ0n) is 21.5. The molecule has 1 saturated heterocycles. The van der Waals surface area contributed by atoms with Crippen molar-refractivity contribution in [2.45, 2.75) is 46.0 Å².